The molecule has 0 saturated carbocycles. The zero-order valence-electron chi connectivity index (χ0n) is 16.0. The fourth-order valence-corrected chi connectivity index (χ4v) is 3.69. The van der Waals surface area contributed by atoms with Gasteiger partial charge in [-0.05, 0) is 43.9 Å². The van der Waals surface area contributed by atoms with E-state index in [2.05, 4.69) is 16.9 Å². The van der Waals surface area contributed by atoms with Crippen LogP contribution in [0.2, 0.25) is 0 Å². The van der Waals surface area contributed by atoms with Gasteiger partial charge in [0.25, 0.3) is 0 Å². The van der Waals surface area contributed by atoms with E-state index in [-0.39, 0.29) is 23.7 Å². The number of nitrogens with zero attached hydrogens (tertiary/aromatic N) is 3. The van der Waals surface area contributed by atoms with Crippen molar-refractivity contribution in [2.45, 2.75) is 26.7 Å². The average molecular weight is 381 g/mol. The number of anilines is 1. The molecule has 0 radical (unpaired) electrons. The minimum atomic E-state index is -0.580. The number of rotatable bonds is 4. The number of piperidine rings is 1. The number of fused-ring (bicyclic) bond motifs is 1. The van der Waals surface area contributed by atoms with Crippen molar-refractivity contribution >= 4 is 35.5 Å². The Morgan fingerprint density at radius 3 is 3.14 bits per heavy atom. The topological polar surface area (TPSA) is 88.2 Å². The van der Waals surface area contributed by atoms with E-state index in [1.165, 1.54) is 0 Å². The van der Waals surface area contributed by atoms with Gasteiger partial charge in [0.15, 0.2) is 22.9 Å². The van der Waals surface area contributed by atoms with Crippen LogP contribution < -0.4 is 4.90 Å². The van der Waals surface area contributed by atoms with Gasteiger partial charge >= 0.3 is 5.97 Å². The molecule has 4 heterocycles. The lowest BCUT2D eigenvalue weighted by Crippen LogP contribution is -2.34. The Hall–Kier alpha value is -3.09. The SMILES string of the molecule is CCOC(=O)c1c(N2CCCC(C)C2)oc(C=C2C=Nc3ncccc32)c1O. The fraction of sp³-hybridized carbons (Fsp3) is 0.381. The molecule has 2 aliphatic heterocycles. The third-order valence-corrected chi connectivity index (χ3v) is 5.02. The molecule has 28 heavy (non-hydrogen) atoms. The molecular weight excluding hydrogens is 358 g/mol. The van der Waals surface area contributed by atoms with E-state index in [9.17, 15) is 9.90 Å². The van der Waals surface area contributed by atoms with Crippen LogP contribution in [0.5, 0.6) is 5.75 Å². The molecule has 4 rings (SSSR count). The molecule has 1 fully saturated rings. The van der Waals surface area contributed by atoms with Crippen molar-refractivity contribution in [2.24, 2.45) is 10.9 Å². The van der Waals surface area contributed by atoms with Gasteiger partial charge in [-0.1, -0.05) is 6.92 Å². The number of aromatic hydroxyl groups is 1. The van der Waals surface area contributed by atoms with Crippen LogP contribution in [0.4, 0.5) is 11.7 Å². The number of hydrogen-bond donors (Lipinski definition) is 1. The third kappa shape index (κ3) is 3.28. The fourth-order valence-electron chi connectivity index (χ4n) is 3.69. The van der Waals surface area contributed by atoms with E-state index in [4.69, 9.17) is 9.15 Å². The normalized spacial score (nSPS) is 19.9. The Morgan fingerprint density at radius 1 is 1.50 bits per heavy atom. The molecular formula is C21H23N3O4. The van der Waals surface area contributed by atoms with Crippen LogP contribution >= 0.6 is 0 Å². The molecule has 0 amide bonds. The van der Waals surface area contributed by atoms with Gasteiger partial charge in [0, 0.05) is 36.6 Å². The van der Waals surface area contributed by atoms with Gasteiger partial charge in [-0.15, -0.1) is 0 Å². The van der Waals surface area contributed by atoms with E-state index in [0.29, 0.717) is 17.6 Å². The first-order valence-electron chi connectivity index (χ1n) is 9.57. The highest BCUT2D eigenvalue weighted by molar-refractivity contribution is 6.21. The highest BCUT2D eigenvalue weighted by Crippen LogP contribution is 2.40. The third-order valence-electron chi connectivity index (χ3n) is 5.02. The summed E-state index contributed by atoms with van der Waals surface area (Å²) >= 11 is 0. The van der Waals surface area contributed by atoms with Crippen LogP contribution in [0.3, 0.4) is 0 Å². The van der Waals surface area contributed by atoms with Crippen molar-refractivity contribution < 1.29 is 19.1 Å². The average Bonchev–Trinajstić information content (AvgIpc) is 3.24. The number of esters is 1. The van der Waals surface area contributed by atoms with Crippen LogP contribution in [0.15, 0.2) is 27.7 Å². The zero-order valence-corrected chi connectivity index (χ0v) is 16.0. The van der Waals surface area contributed by atoms with Gasteiger partial charge in [-0.25, -0.2) is 14.8 Å². The van der Waals surface area contributed by atoms with E-state index in [1.807, 2.05) is 17.0 Å². The predicted octanol–water partition coefficient (Wildman–Crippen LogP) is 4.05. The summed E-state index contributed by atoms with van der Waals surface area (Å²) in [5.41, 5.74) is 1.70. The summed E-state index contributed by atoms with van der Waals surface area (Å²) < 4.78 is 11.2. The molecule has 1 saturated heterocycles. The number of pyridine rings is 1. The molecule has 1 unspecified atom stereocenters. The molecule has 2 aromatic heterocycles. The van der Waals surface area contributed by atoms with Crippen LogP contribution in [-0.2, 0) is 4.74 Å². The molecule has 1 N–H and O–H groups in total. The second-order valence-electron chi connectivity index (χ2n) is 7.14. The van der Waals surface area contributed by atoms with Crippen molar-refractivity contribution in [3.63, 3.8) is 0 Å². The number of allylic oxidation sites excluding steroid dienone is 1. The molecule has 2 aromatic rings. The quantitative estimate of drug-likeness (QED) is 0.804. The molecule has 2 aliphatic rings. The second-order valence-corrected chi connectivity index (χ2v) is 7.14. The first-order valence-corrected chi connectivity index (χ1v) is 9.57. The maximum Gasteiger partial charge on any atom is 0.347 e. The van der Waals surface area contributed by atoms with Crippen LogP contribution in [0.1, 0.15) is 48.4 Å². The Morgan fingerprint density at radius 2 is 2.36 bits per heavy atom. The van der Waals surface area contributed by atoms with Crippen LogP contribution in [-0.4, -0.2) is 42.0 Å². The standard InChI is InChI=1S/C21H23N3O4/c1-3-27-21(26)17-18(25)16(28-20(17)24-9-5-6-13(2)12-24)10-14-11-23-19-15(14)7-4-8-22-19/h4,7-8,10-11,13,25H,3,5-6,9,12H2,1-2H3. The lowest BCUT2D eigenvalue weighted by atomic mass is 10.0. The number of ether oxygens (including phenoxy) is 1. The number of hydrogen-bond acceptors (Lipinski definition) is 7. The molecule has 7 heteroatoms. The molecule has 146 valence electrons. The number of furan rings is 1. The molecule has 7 nitrogen and oxygen atoms in total. The minimum absolute atomic E-state index is 0.0872. The first kappa shape index (κ1) is 18.3. The highest BCUT2D eigenvalue weighted by Gasteiger charge is 2.31. The summed E-state index contributed by atoms with van der Waals surface area (Å²) in [7, 11) is 0. The van der Waals surface area contributed by atoms with Crippen molar-refractivity contribution in [2.75, 3.05) is 24.6 Å². The zero-order chi connectivity index (χ0) is 19.7. The van der Waals surface area contributed by atoms with E-state index in [0.717, 1.165) is 37.1 Å². The maximum absolute atomic E-state index is 12.5. The number of carbonyl (C=O) groups is 1. The second kappa shape index (κ2) is 7.50. The Balaban J connectivity index is 1.77. The summed E-state index contributed by atoms with van der Waals surface area (Å²) in [6.45, 7) is 5.67. The summed E-state index contributed by atoms with van der Waals surface area (Å²) in [6.07, 6.45) is 7.18. The highest BCUT2D eigenvalue weighted by atomic mass is 16.5. The molecule has 0 aliphatic carbocycles. The van der Waals surface area contributed by atoms with E-state index >= 15 is 0 Å². The summed E-state index contributed by atoms with van der Waals surface area (Å²) in [5.74, 6) is 0.909. The number of aromatic nitrogens is 1. The molecule has 0 spiro atoms. The first-order chi connectivity index (χ1) is 13.6. The monoisotopic (exact) mass is 381 g/mol. The van der Waals surface area contributed by atoms with E-state index < -0.39 is 5.97 Å². The number of aliphatic imine (C=N–C) groups is 1. The van der Waals surface area contributed by atoms with Gasteiger partial charge in [0.2, 0.25) is 5.88 Å². The van der Waals surface area contributed by atoms with Gasteiger partial charge < -0.3 is 19.2 Å². The maximum atomic E-state index is 12.5. The molecule has 0 aromatic carbocycles. The summed E-state index contributed by atoms with van der Waals surface area (Å²) in [6, 6.07) is 3.73. The Kier molecular flexibility index (Phi) is 4.90. The summed E-state index contributed by atoms with van der Waals surface area (Å²) in [4.78, 5) is 23.0. The van der Waals surface area contributed by atoms with Crippen molar-refractivity contribution in [1.29, 1.82) is 0 Å². The predicted molar refractivity (Wildman–Crippen MR) is 107 cm³/mol. The largest absolute Gasteiger partial charge is 0.504 e. The van der Waals surface area contributed by atoms with Gasteiger partial charge in [0.05, 0.1) is 6.61 Å². The minimum Gasteiger partial charge on any atom is -0.504 e. The van der Waals surface area contributed by atoms with Gasteiger partial charge in [-0.3, -0.25) is 0 Å². The lowest BCUT2D eigenvalue weighted by molar-refractivity contribution is 0.0523. The van der Waals surface area contributed by atoms with E-state index in [1.54, 1.807) is 25.4 Å². The van der Waals surface area contributed by atoms with Crippen LogP contribution in [0, 0.1) is 5.92 Å². The van der Waals surface area contributed by atoms with Crippen molar-refractivity contribution in [1.82, 2.24) is 4.98 Å². The summed E-state index contributed by atoms with van der Waals surface area (Å²) in [5, 5.41) is 10.8. The molecule has 0 bridgehead atoms. The van der Waals surface area contributed by atoms with Gasteiger partial charge in [0.1, 0.15) is 0 Å². The van der Waals surface area contributed by atoms with Crippen molar-refractivity contribution in [3.05, 3.63) is 35.2 Å². The van der Waals surface area contributed by atoms with Crippen LogP contribution in [0.25, 0.3) is 11.6 Å². The number of carbonyl (C=O) groups excluding carboxylic acids is 1. The Bertz CT molecular complexity index is 961. The van der Waals surface area contributed by atoms with Gasteiger partial charge in [-0.2, -0.15) is 0 Å². The molecule has 1 atom stereocenters. The Labute approximate surface area is 163 Å². The lowest BCUT2D eigenvalue weighted by Gasteiger charge is -2.31. The smallest absolute Gasteiger partial charge is 0.347 e. The van der Waals surface area contributed by atoms with Crippen molar-refractivity contribution in [3.8, 4) is 5.75 Å².